The van der Waals surface area contributed by atoms with Gasteiger partial charge in [0.2, 0.25) is 0 Å². The summed E-state index contributed by atoms with van der Waals surface area (Å²) in [6.45, 7) is 0.105. The van der Waals surface area contributed by atoms with E-state index in [4.69, 9.17) is 34.1 Å². The average molecular weight is 268 g/mol. The number of anilines is 2. The molecule has 0 heterocycles. The largest absolute Gasteiger partial charge is 0.412 e. The minimum absolute atomic E-state index is 0. The summed E-state index contributed by atoms with van der Waals surface area (Å²) < 4.78 is 31.6. The van der Waals surface area contributed by atoms with Gasteiger partial charge < -0.3 is 22.1 Å². The third-order valence-electron chi connectivity index (χ3n) is 1.55. The molecule has 1 aromatic carbocycles. The van der Waals surface area contributed by atoms with Crippen LogP contribution in [0.15, 0.2) is 18.2 Å². The Morgan fingerprint density at radius 1 is 1.18 bits per heavy atom. The van der Waals surface area contributed by atoms with E-state index in [2.05, 4.69) is 0 Å². The van der Waals surface area contributed by atoms with Crippen molar-refractivity contribution < 1.29 is 28.1 Å². The van der Waals surface area contributed by atoms with Gasteiger partial charge in [0.1, 0.15) is 0 Å². The van der Waals surface area contributed by atoms with E-state index in [1.807, 2.05) is 0 Å². The summed E-state index contributed by atoms with van der Waals surface area (Å²) in [7, 11) is -4.67. The lowest BCUT2D eigenvalue weighted by Gasteiger charge is -2.03. The fourth-order valence-electron chi connectivity index (χ4n) is 0.963. The Labute approximate surface area is 98.8 Å². The van der Waals surface area contributed by atoms with Crippen LogP contribution in [-0.4, -0.2) is 34.7 Å². The topological polar surface area (TPSA) is 178 Å². The van der Waals surface area contributed by atoms with Crippen LogP contribution < -0.4 is 11.5 Å². The zero-order valence-electron chi connectivity index (χ0n) is 8.87. The van der Waals surface area contributed by atoms with Gasteiger partial charge in [-0.25, -0.2) is 0 Å². The zero-order chi connectivity index (χ0) is 12.8. The van der Waals surface area contributed by atoms with E-state index in [-0.39, 0.29) is 12.1 Å². The second-order valence-electron chi connectivity index (χ2n) is 2.88. The summed E-state index contributed by atoms with van der Waals surface area (Å²) in [5.74, 6) is 0. The highest BCUT2D eigenvalue weighted by molar-refractivity contribution is 7.79. The monoisotopic (exact) mass is 268 g/mol. The number of aliphatic hydroxyl groups excluding tert-OH is 1. The fourth-order valence-corrected chi connectivity index (χ4v) is 0.963. The van der Waals surface area contributed by atoms with Crippen molar-refractivity contribution in [1.82, 2.24) is 0 Å². The van der Waals surface area contributed by atoms with Crippen molar-refractivity contribution in [2.75, 3.05) is 18.1 Å². The quantitative estimate of drug-likeness (QED) is 0.333. The van der Waals surface area contributed by atoms with E-state index in [9.17, 15) is 0 Å². The standard InChI is InChI=1S/C8H12N2O.H2O4S.H2O/c9-7-1-2-8(10)6(5-7)3-4-11;1-5(2,3)4;/h1-2,5,11H,3-4,9-10H2;(H2,1,2,3,4);1H2. The minimum atomic E-state index is -4.67. The van der Waals surface area contributed by atoms with Crippen LogP contribution in [0.3, 0.4) is 0 Å². The number of nitrogen functional groups attached to an aromatic ring is 2. The number of hydrogen-bond donors (Lipinski definition) is 5. The Bertz CT molecular complexity index is 426. The van der Waals surface area contributed by atoms with Crippen molar-refractivity contribution in [3.05, 3.63) is 23.8 Å². The molecular weight excluding hydrogens is 252 g/mol. The van der Waals surface area contributed by atoms with Crippen LogP contribution in [0.4, 0.5) is 11.4 Å². The van der Waals surface area contributed by atoms with Gasteiger partial charge in [-0.15, -0.1) is 0 Å². The van der Waals surface area contributed by atoms with Crippen LogP contribution in [0.1, 0.15) is 5.56 Å². The summed E-state index contributed by atoms with van der Waals surface area (Å²) in [4.78, 5) is 0. The third-order valence-corrected chi connectivity index (χ3v) is 1.55. The van der Waals surface area contributed by atoms with E-state index in [0.717, 1.165) is 5.56 Å². The summed E-state index contributed by atoms with van der Waals surface area (Å²) in [5, 5.41) is 8.64. The number of rotatable bonds is 2. The number of nitrogens with two attached hydrogens (primary N) is 2. The Hall–Kier alpha value is -1.39. The molecule has 0 aromatic heterocycles. The van der Waals surface area contributed by atoms with Crippen LogP contribution >= 0.6 is 0 Å². The number of hydrogen-bond acceptors (Lipinski definition) is 5. The van der Waals surface area contributed by atoms with Gasteiger partial charge >= 0.3 is 10.4 Å². The molecule has 0 aliphatic heterocycles. The molecule has 0 saturated carbocycles. The van der Waals surface area contributed by atoms with E-state index in [0.29, 0.717) is 17.8 Å². The normalized spacial score (nSPS) is 9.82. The molecule has 8 nitrogen and oxygen atoms in total. The second-order valence-corrected chi connectivity index (χ2v) is 3.78. The van der Waals surface area contributed by atoms with Gasteiger partial charge in [-0.05, 0) is 30.2 Å². The van der Waals surface area contributed by atoms with E-state index >= 15 is 0 Å². The molecule has 100 valence electrons. The zero-order valence-corrected chi connectivity index (χ0v) is 9.68. The highest BCUT2D eigenvalue weighted by atomic mass is 32.3. The van der Waals surface area contributed by atoms with Crippen LogP contribution in [0.5, 0.6) is 0 Å². The SMILES string of the molecule is Nc1ccc(N)c(CCO)c1.O.O=S(=O)(O)O. The van der Waals surface area contributed by atoms with E-state index in [1.165, 1.54) is 0 Å². The van der Waals surface area contributed by atoms with Gasteiger partial charge in [0.15, 0.2) is 0 Å². The van der Waals surface area contributed by atoms with Gasteiger partial charge in [-0.3, -0.25) is 9.11 Å². The Kier molecular flexibility index (Phi) is 8.27. The summed E-state index contributed by atoms with van der Waals surface area (Å²) in [5.41, 5.74) is 13.4. The van der Waals surface area contributed by atoms with Gasteiger partial charge in [0, 0.05) is 18.0 Å². The van der Waals surface area contributed by atoms with E-state index < -0.39 is 10.4 Å². The Morgan fingerprint density at radius 3 is 2.06 bits per heavy atom. The maximum Gasteiger partial charge on any atom is 0.394 e. The molecule has 0 saturated heterocycles. The van der Waals surface area contributed by atoms with Crippen molar-refractivity contribution >= 4 is 21.8 Å². The molecule has 0 aliphatic carbocycles. The molecule has 9 N–H and O–H groups in total. The molecule has 9 heteroatoms. The lowest BCUT2D eigenvalue weighted by atomic mass is 10.1. The van der Waals surface area contributed by atoms with Crippen LogP contribution in [-0.2, 0) is 16.8 Å². The lowest BCUT2D eigenvalue weighted by molar-refractivity contribution is 0.300. The molecule has 0 atom stereocenters. The first-order valence-corrected chi connectivity index (χ1v) is 5.58. The van der Waals surface area contributed by atoms with Crippen molar-refractivity contribution in [2.24, 2.45) is 0 Å². The molecular formula is C8H16N2O6S. The first kappa shape index (κ1) is 18.0. The summed E-state index contributed by atoms with van der Waals surface area (Å²) >= 11 is 0. The maximum atomic E-state index is 8.74. The summed E-state index contributed by atoms with van der Waals surface area (Å²) in [6.07, 6.45) is 0.566. The van der Waals surface area contributed by atoms with Crippen molar-refractivity contribution in [3.63, 3.8) is 0 Å². The van der Waals surface area contributed by atoms with Crippen molar-refractivity contribution in [1.29, 1.82) is 0 Å². The molecule has 1 aromatic rings. The highest BCUT2D eigenvalue weighted by Crippen LogP contribution is 2.15. The number of aliphatic hydroxyl groups is 1. The third kappa shape index (κ3) is 10.9. The Balaban J connectivity index is 0. The molecule has 0 spiro atoms. The second kappa shape index (κ2) is 7.81. The predicted molar refractivity (Wildman–Crippen MR) is 63.8 cm³/mol. The first-order valence-electron chi connectivity index (χ1n) is 4.18. The van der Waals surface area contributed by atoms with Gasteiger partial charge in [0.05, 0.1) is 0 Å². The molecule has 0 bridgehead atoms. The van der Waals surface area contributed by atoms with Gasteiger partial charge in [-0.1, -0.05) is 0 Å². The molecule has 0 amide bonds. The van der Waals surface area contributed by atoms with Crippen LogP contribution in [0.25, 0.3) is 0 Å². The van der Waals surface area contributed by atoms with Crippen molar-refractivity contribution in [2.45, 2.75) is 6.42 Å². The summed E-state index contributed by atoms with van der Waals surface area (Å²) in [6, 6.07) is 5.28. The molecule has 0 fully saturated rings. The molecule has 0 aliphatic rings. The van der Waals surface area contributed by atoms with Crippen LogP contribution in [0, 0.1) is 0 Å². The predicted octanol–water partition coefficient (Wildman–Crippen LogP) is -1.09. The van der Waals surface area contributed by atoms with E-state index in [1.54, 1.807) is 18.2 Å². The smallest absolute Gasteiger partial charge is 0.394 e. The van der Waals surface area contributed by atoms with Crippen molar-refractivity contribution in [3.8, 4) is 0 Å². The lowest BCUT2D eigenvalue weighted by Crippen LogP contribution is -1.98. The molecule has 0 unspecified atom stereocenters. The fraction of sp³-hybridized carbons (Fsp3) is 0.250. The first-order chi connectivity index (χ1) is 7.24. The van der Waals surface area contributed by atoms with Gasteiger partial charge in [0.25, 0.3) is 0 Å². The van der Waals surface area contributed by atoms with Gasteiger partial charge in [-0.2, -0.15) is 8.42 Å². The number of benzene rings is 1. The molecule has 1 rings (SSSR count). The highest BCUT2D eigenvalue weighted by Gasteiger charge is 1.97. The maximum absolute atomic E-state index is 8.74. The molecule has 0 radical (unpaired) electrons. The minimum Gasteiger partial charge on any atom is -0.412 e. The average Bonchev–Trinajstić information content (AvgIpc) is 2.09. The molecule has 17 heavy (non-hydrogen) atoms. The van der Waals surface area contributed by atoms with Crippen LogP contribution in [0.2, 0.25) is 0 Å². The Morgan fingerprint density at radius 2 is 1.65 bits per heavy atom.